The van der Waals surface area contributed by atoms with Crippen molar-refractivity contribution in [1.82, 2.24) is 9.97 Å². The monoisotopic (exact) mass is 234 g/mol. The Morgan fingerprint density at radius 3 is 3.38 bits per heavy atom. The first-order valence-electron chi connectivity index (χ1n) is 5.51. The molecule has 3 heterocycles. The molecule has 3 nitrogen and oxygen atoms in total. The molecule has 0 aromatic carbocycles. The van der Waals surface area contributed by atoms with Gasteiger partial charge in [0.2, 0.25) is 0 Å². The van der Waals surface area contributed by atoms with Crippen LogP contribution in [0.5, 0.6) is 0 Å². The van der Waals surface area contributed by atoms with Gasteiger partial charge in [0.15, 0.2) is 0 Å². The maximum atomic E-state index is 5.84. The summed E-state index contributed by atoms with van der Waals surface area (Å²) in [5, 5.41) is 2.16. The molecule has 1 aliphatic heterocycles. The smallest absolute Gasteiger partial charge is 0.103 e. The molecule has 0 spiro atoms. The molecule has 2 aromatic rings. The van der Waals surface area contributed by atoms with Gasteiger partial charge in [-0.1, -0.05) is 0 Å². The predicted molar refractivity (Wildman–Crippen MR) is 63.7 cm³/mol. The fourth-order valence-electron chi connectivity index (χ4n) is 2.15. The zero-order valence-corrected chi connectivity index (χ0v) is 10.0. The van der Waals surface area contributed by atoms with E-state index in [9.17, 15) is 0 Å². The predicted octanol–water partition coefficient (Wildman–Crippen LogP) is 2.64. The average Bonchev–Trinajstić information content (AvgIpc) is 2.87. The summed E-state index contributed by atoms with van der Waals surface area (Å²) in [6.07, 6.45) is 4.07. The number of hydrogen-bond donors (Lipinski definition) is 1. The van der Waals surface area contributed by atoms with Gasteiger partial charge in [-0.15, -0.1) is 11.3 Å². The second-order valence-electron chi connectivity index (χ2n) is 4.12. The molecule has 0 saturated carbocycles. The second kappa shape index (κ2) is 4.03. The molecule has 0 fully saturated rings. The first kappa shape index (κ1) is 10.1. The van der Waals surface area contributed by atoms with Gasteiger partial charge in [-0.2, -0.15) is 0 Å². The van der Waals surface area contributed by atoms with Crippen LogP contribution in [-0.4, -0.2) is 16.6 Å². The molecule has 2 aromatic heterocycles. The van der Waals surface area contributed by atoms with E-state index in [1.807, 2.05) is 13.1 Å². The summed E-state index contributed by atoms with van der Waals surface area (Å²) in [4.78, 5) is 8.87. The Labute approximate surface area is 98.5 Å². The standard InChI is InChI=1S/C12H14N2OS/c1-8-13-7-10(14-8)6-11-12-9(2-4-15-11)3-5-16-12/h3,5,7,11H,2,4,6H2,1H3,(H,13,14). The zero-order valence-electron chi connectivity index (χ0n) is 9.19. The highest BCUT2D eigenvalue weighted by molar-refractivity contribution is 7.10. The number of nitrogens with zero attached hydrogens (tertiary/aromatic N) is 1. The Morgan fingerprint density at radius 2 is 2.56 bits per heavy atom. The number of aromatic nitrogens is 2. The fraction of sp³-hybridized carbons (Fsp3) is 0.417. The number of H-pyrrole nitrogens is 1. The fourth-order valence-corrected chi connectivity index (χ4v) is 3.15. The molecule has 84 valence electrons. The number of imidazole rings is 1. The third-order valence-corrected chi connectivity index (χ3v) is 3.98. The Bertz CT molecular complexity index is 489. The Hall–Kier alpha value is -1.13. The van der Waals surface area contributed by atoms with Crippen molar-refractivity contribution in [3.63, 3.8) is 0 Å². The molecule has 0 aliphatic carbocycles. The molecule has 1 unspecified atom stereocenters. The van der Waals surface area contributed by atoms with Crippen molar-refractivity contribution in [2.45, 2.75) is 25.9 Å². The van der Waals surface area contributed by atoms with Gasteiger partial charge in [0.1, 0.15) is 5.82 Å². The van der Waals surface area contributed by atoms with E-state index in [0.29, 0.717) is 0 Å². The van der Waals surface area contributed by atoms with Gasteiger partial charge in [0.05, 0.1) is 12.7 Å². The van der Waals surface area contributed by atoms with Gasteiger partial charge in [-0.3, -0.25) is 0 Å². The molecule has 3 rings (SSSR count). The number of aryl methyl sites for hydroxylation is 1. The van der Waals surface area contributed by atoms with Gasteiger partial charge in [-0.05, 0) is 30.4 Å². The van der Waals surface area contributed by atoms with Gasteiger partial charge in [-0.25, -0.2) is 4.98 Å². The molecule has 1 N–H and O–H groups in total. The van der Waals surface area contributed by atoms with E-state index in [4.69, 9.17) is 4.74 Å². The summed E-state index contributed by atoms with van der Waals surface area (Å²) in [5.41, 5.74) is 2.61. The van der Waals surface area contributed by atoms with Crippen molar-refractivity contribution >= 4 is 11.3 Å². The topological polar surface area (TPSA) is 37.9 Å². The van der Waals surface area contributed by atoms with Crippen LogP contribution in [0.15, 0.2) is 17.6 Å². The van der Waals surface area contributed by atoms with E-state index in [0.717, 1.165) is 31.0 Å². The first-order chi connectivity index (χ1) is 7.83. The van der Waals surface area contributed by atoms with Crippen molar-refractivity contribution in [2.24, 2.45) is 0 Å². The minimum atomic E-state index is 0.212. The molecule has 0 saturated heterocycles. The van der Waals surface area contributed by atoms with E-state index >= 15 is 0 Å². The number of thiophene rings is 1. The van der Waals surface area contributed by atoms with Crippen LogP contribution in [0.1, 0.15) is 28.1 Å². The first-order valence-corrected chi connectivity index (χ1v) is 6.39. The number of ether oxygens (including phenoxy) is 1. The highest BCUT2D eigenvalue weighted by Crippen LogP contribution is 2.33. The van der Waals surface area contributed by atoms with E-state index in [2.05, 4.69) is 21.4 Å². The van der Waals surface area contributed by atoms with Crippen LogP contribution in [0.4, 0.5) is 0 Å². The van der Waals surface area contributed by atoms with Crippen molar-refractivity contribution < 1.29 is 4.74 Å². The van der Waals surface area contributed by atoms with Crippen molar-refractivity contribution in [3.05, 3.63) is 39.6 Å². The van der Waals surface area contributed by atoms with Crippen LogP contribution in [0.3, 0.4) is 0 Å². The summed E-state index contributed by atoms with van der Waals surface area (Å²) in [5.74, 6) is 0.970. The van der Waals surface area contributed by atoms with Gasteiger partial charge < -0.3 is 9.72 Å². The quantitative estimate of drug-likeness (QED) is 0.867. The summed E-state index contributed by atoms with van der Waals surface area (Å²) in [6.45, 7) is 2.81. The summed E-state index contributed by atoms with van der Waals surface area (Å²) >= 11 is 1.80. The Morgan fingerprint density at radius 1 is 1.62 bits per heavy atom. The Kier molecular flexibility index (Phi) is 2.53. The summed E-state index contributed by atoms with van der Waals surface area (Å²) < 4.78 is 5.84. The van der Waals surface area contributed by atoms with Crippen LogP contribution in [0.25, 0.3) is 0 Å². The minimum Gasteiger partial charge on any atom is -0.372 e. The van der Waals surface area contributed by atoms with Crippen LogP contribution < -0.4 is 0 Å². The molecule has 0 bridgehead atoms. The number of hydrogen-bond acceptors (Lipinski definition) is 3. The average molecular weight is 234 g/mol. The van der Waals surface area contributed by atoms with Crippen LogP contribution in [0.2, 0.25) is 0 Å². The highest BCUT2D eigenvalue weighted by atomic mass is 32.1. The maximum absolute atomic E-state index is 5.84. The maximum Gasteiger partial charge on any atom is 0.103 e. The second-order valence-corrected chi connectivity index (χ2v) is 5.07. The lowest BCUT2D eigenvalue weighted by atomic mass is 10.0. The summed E-state index contributed by atoms with van der Waals surface area (Å²) in [7, 11) is 0. The molecule has 1 aliphatic rings. The van der Waals surface area contributed by atoms with Crippen LogP contribution in [0, 0.1) is 6.92 Å². The molecule has 0 radical (unpaired) electrons. The van der Waals surface area contributed by atoms with Gasteiger partial charge in [0.25, 0.3) is 0 Å². The molecular formula is C12H14N2OS. The largest absolute Gasteiger partial charge is 0.372 e. The van der Waals surface area contributed by atoms with Gasteiger partial charge >= 0.3 is 0 Å². The van der Waals surface area contributed by atoms with E-state index in [1.54, 1.807) is 11.3 Å². The lowest BCUT2D eigenvalue weighted by Gasteiger charge is -2.22. The van der Waals surface area contributed by atoms with E-state index < -0.39 is 0 Å². The third kappa shape index (κ3) is 1.79. The molecule has 4 heteroatoms. The van der Waals surface area contributed by atoms with Crippen molar-refractivity contribution in [3.8, 4) is 0 Å². The van der Waals surface area contributed by atoms with Crippen LogP contribution in [-0.2, 0) is 17.6 Å². The number of rotatable bonds is 2. The third-order valence-electron chi connectivity index (χ3n) is 2.92. The SMILES string of the molecule is Cc1ncc(CC2OCCc3ccsc32)[nH]1. The molecule has 1 atom stereocenters. The van der Waals surface area contributed by atoms with Crippen LogP contribution >= 0.6 is 11.3 Å². The number of aromatic amines is 1. The zero-order chi connectivity index (χ0) is 11.0. The van der Waals surface area contributed by atoms with E-state index in [1.165, 1.54) is 10.4 Å². The Balaban J connectivity index is 1.82. The molecular weight excluding hydrogens is 220 g/mol. The normalized spacial score (nSPS) is 19.7. The van der Waals surface area contributed by atoms with Crippen molar-refractivity contribution in [2.75, 3.05) is 6.61 Å². The summed E-state index contributed by atoms with van der Waals surface area (Å²) in [6, 6.07) is 2.22. The van der Waals surface area contributed by atoms with Gasteiger partial charge in [0, 0.05) is 23.2 Å². The lowest BCUT2D eigenvalue weighted by Crippen LogP contribution is -2.16. The molecule has 16 heavy (non-hydrogen) atoms. The lowest BCUT2D eigenvalue weighted by molar-refractivity contribution is 0.0452. The molecule has 0 amide bonds. The number of nitrogens with one attached hydrogen (secondary N) is 1. The minimum absolute atomic E-state index is 0.212. The highest BCUT2D eigenvalue weighted by Gasteiger charge is 2.22. The number of fused-ring (bicyclic) bond motifs is 1. The van der Waals surface area contributed by atoms with E-state index in [-0.39, 0.29) is 6.10 Å². The van der Waals surface area contributed by atoms with Crippen molar-refractivity contribution in [1.29, 1.82) is 0 Å².